The summed E-state index contributed by atoms with van der Waals surface area (Å²) in [6.45, 7) is 4.48. The molecule has 0 aliphatic carbocycles. The zero-order valence-electron chi connectivity index (χ0n) is 7.25. The van der Waals surface area contributed by atoms with E-state index >= 15 is 0 Å². The Bertz CT molecular complexity index is 193. The number of rotatable bonds is 3. The van der Waals surface area contributed by atoms with Crippen LogP contribution in [0.15, 0.2) is 24.5 Å². The fraction of sp³-hybridized carbons (Fsp3) is 0.500. The van der Waals surface area contributed by atoms with E-state index in [0.717, 1.165) is 0 Å². The first-order chi connectivity index (χ1) is 5.34. The summed E-state index contributed by atoms with van der Waals surface area (Å²) < 4.78 is 0. The lowest BCUT2D eigenvalue weighted by atomic mass is 9.98. The van der Waals surface area contributed by atoms with Crippen molar-refractivity contribution in [1.82, 2.24) is 4.98 Å². The number of hydrogen-bond acceptors (Lipinski definition) is 1. The molecule has 0 aliphatic heterocycles. The highest BCUT2D eigenvalue weighted by Gasteiger charge is 2.01. The van der Waals surface area contributed by atoms with Gasteiger partial charge in [0.25, 0.3) is 0 Å². The van der Waals surface area contributed by atoms with Crippen molar-refractivity contribution in [2.75, 3.05) is 0 Å². The van der Waals surface area contributed by atoms with Crippen LogP contribution in [-0.4, -0.2) is 4.98 Å². The summed E-state index contributed by atoms with van der Waals surface area (Å²) in [4.78, 5) is 3.99. The maximum Gasteiger partial charge on any atom is 0.0270 e. The van der Waals surface area contributed by atoms with Crippen molar-refractivity contribution in [3.63, 3.8) is 0 Å². The van der Waals surface area contributed by atoms with Gasteiger partial charge in [0.15, 0.2) is 0 Å². The van der Waals surface area contributed by atoms with E-state index in [4.69, 9.17) is 0 Å². The van der Waals surface area contributed by atoms with Gasteiger partial charge in [0.2, 0.25) is 0 Å². The molecule has 0 fully saturated rings. The zero-order chi connectivity index (χ0) is 8.10. The molecule has 0 aliphatic rings. The van der Waals surface area contributed by atoms with Gasteiger partial charge in [-0.05, 0) is 30.0 Å². The summed E-state index contributed by atoms with van der Waals surface area (Å²) in [5, 5.41) is 0. The molecule has 0 N–H and O–H groups in total. The lowest BCUT2D eigenvalue weighted by Gasteiger charge is -2.08. The van der Waals surface area contributed by atoms with Gasteiger partial charge in [-0.25, -0.2) is 0 Å². The second-order valence-corrected chi connectivity index (χ2v) is 2.97. The number of hydrogen-bond donors (Lipinski definition) is 0. The largest absolute Gasteiger partial charge is 0.265 e. The van der Waals surface area contributed by atoms with Crippen LogP contribution in [0.5, 0.6) is 0 Å². The molecule has 1 atom stereocenters. The molecule has 0 saturated heterocycles. The van der Waals surface area contributed by atoms with Gasteiger partial charge in [0.05, 0.1) is 0 Å². The fourth-order valence-corrected chi connectivity index (χ4v) is 1.29. The van der Waals surface area contributed by atoms with Crippen LogP contribution in [0.1, 0.15) is 38.2 Å². The fourth-order valence-electron chi connectivity index (χ4n) is 1.29. The third-order valence-electron chi connectivity index (χ3n) is 2.00. The third kappa shape index (κ3) is 2.34. The van der Waals surface area contributed by atoms with Gasteiger partial charge in [-0.2, -0.15) is 0 Å². The molecule has 1 heterocycles. The van der Waals surface area contributed by atoms with Crippen molar-refractivity contribution >= 4 is 0 Å². The Labute approximate surface area is 68.5 Å². The van der Waals surface area contributed by atoms with Crippen molar-refractivity contribution in [2.45, 2.75) is 32.6 Å². The standard InChI is InChI=1S/C10H15N/c1-3-4-9(2)10-5-7-11-8-6-10/h5-9H,3-4H2,1-2H3/t9-/m0/s1. The highest BCUT2D eigenvalue weighted by atomic mass is 14.6. The molecule has 0 bridgehead atoms. The smallest absolute Gasteiger partial charge is 0.0270 e. The molecule has 1 nitrogen and oxygen atoms in total. The third-order valence-corrected chi connectivity index (χ3v) is 2.00. The maximum absolute atomic E-state index is 3.99. The van der Waals surface area contributed by atoms with E-state index in [0.29, 0.717) is 5.92 Å². The lowest BCUT2D eigenvalue weighted by Crippen LogP contribution is -1.91. The Morgan fingerprint density at radius 1 is 1.36 bits per heavy atom. The topological polar surface area (TPSA) is 12.9 Å². The molecule has 1 rings (SSSR count). The minimum atomic E-state index is 0.683. The van der Waals surface area contributed by atoms with E-state index in [1.807, 2.05) is 12.4 Å². The second-order valence-electron chi connectivity index (χ2n) is 2.97. The van der Waals surface area contributed by atoms with Crippen LogP contribution in [0.4, 0.5) is 0 Å². The number of aromatic nitrogens is 1. The van der Waals surface area contributed by atoms with E-state index in [9.17, 15) is 0 Å². The van der Waals surface area contributed by atoms with Crippen LogP contribution in [0.3, 0.4) is 0 Å². The van der Waals surface area contributed by atoms with Crippen LogP contribution in [0, 0.1) is 0 Å². The molecule has 11 heavy (non-hydrogen) atoms. The van der Waals surface area contributed by atoms with E-state index in [1.54, 1.807) is 0 Å². The Hall–Kier alpha value is -0.850. The van der Waals surface area contributed by atoms with Crippen molar-refractivity contribution in [1.29, 1.82) is 0 Å². The summed E-state index contributed by atoms with van der Waals surface area (Å²) in [5.74, 6) is 0.683. The molecule has 1 aromatic heterocycles. The van der Waals surface area contributed by atoms with Crippen LogP contribution >= 0.6 is 0 Å². The van der Waals surface area contributed by atoms with Crippen LogP contribution < -0.4 is 0 Å². The molecular formula is C10H15N. The van der Waals surface area contributed by atoms with Gasteiger partial charge in [0.1, 0.15) is 0 Å². The molecule has 60 valence electrons. The number of pyridine rings is 1. The molecule has 0 unspecified atom stereocenters. The normalized spacial score (nSPS) is 12.9. The predicted molar refractivity (Wildman–Crippen MR) is 47.6 cm³/mol. The Balaban J connectivity index is 2.61. The van der Waals surface area contributed by atoms with Gasteiger partial charge in [-0.1, -0.05) is 20.3 Å². The first kappa shape index (κ1) is 8.25. The molecule has 1 heteroatoms. The zero-order valence-corrected chi connectivity index (χ0v) is 7.25. The summed E-state index contributed by atoms with van der Waals surface area (Å²) >= 11 is 0. The van der Waals surface area contributed by atoms with Crippen molar-refractivity contribution < 1.29 is 0 Å². The molecule has 0 amide bonds. The molecular weight excluding hydrogens is 134 g/mol. The van der Waals surface area contributed by atoms with E-state index in [1.165, 1.54) is 18.4 Å². The number of nitrogens with zero attached hydrogens (tertiary/aromatic N) is 1. The van der Waals surface area contributed by atoms with E-state index < -0.39 is 0 Å². The van der Waals surface area contributed by atoms with Crippen LogP contribution in [0.2, 0.25) is 0 Å². The summed E-state index contributed by atoms with van der Waals surface area (Å²) in [5.41, 5.74) is 1.40. The average molecular weight is 149 g/mol. The van der Waals surface area contributed by atoms with Crippen LogP contribution in [0.25, 0.3) is 0 Å². The molecule has 1 aromatic rings. The Kier molecular flexibility index (Phi) is 3.09. The molecule has 0 radical (unpaired) electrons. The predicted octanol–water partition coefficient (Wildman–Crippen LogP) is 2.99. The summed E-state index contributed by atoms with van der Waals surface area (Å²) in [7, 11) is 0. The average Bonchev–Trinajstić information content (AvgIpc) is 2.07. The van der Waals surface area contributed by atoms with Gasteiger partial charge in [-0.3, -0.25) is 4.98 Å². The van der Waals surface area contributed by atoms with Gasteiger partial charge < -0.3 is 0 Å². The van der Waals surface area contributed by atoms with Crippen LogP contribution in [-0.2, 0) is 0 Å². The second kappa shape index (κ2) is 4.12. The van der Waals surface area contributed by atoms with Crippen molar-refractivity contribution in [2.24, 2.45) is 0 Å². The van der Waals surface area contributed by atoms with E-state index in [2.05, 4.69) is 31.0 Å². The monoisotopic (exact) mass is 149 g/mol. The highest BCUT2D eigenvalue weighted by Crippen LogP contribution is 2.18. The van der Waals surface area contributed by atoms with Gasteiger partial charge in [0, 0.05) is 12.4 Å². The van der Waals surface area contributed by atoms with Gasteiger partial charge >= 0.3 is 0 Å². The van der Waals surface area contributed by atoms with Crippen molar-refractivity contribution in [3.05, 3.63) is 30.1 Å². The minimum Gasteiger partial charge on any atom is -0.265 e. The first-order valence-corrected chi connectivity index (χ1v) is 4.24. The Morgan fingerprint density at radius 3 is 2.55 bits per heavy atom. The quantitative estimate of drug-likeness (QED) is 0.643. The molecule has 0 saturated carbocycles. The maximum atomic E-state index is 3.99. The first-order valence-electron chi connectivity index (χ1n) is 4.24. The van der Waals surface area contributed by atoms with Gasteiger partial charge in [-0.15, -0.1) is 0 Å². The summed E-state index contributed by atoms with van der Waals surface area (Å²) in [6, 6.07) is 4.20. The van der Waals surface area contributed by atoms with E-state index in [-0.39, 0.29) is 0 Å². The van der Waals surface area contributed by atoms with Crippen molar-refractivity contribution in [3.8, 4) is 0 Å². The highest BCUT2D eigenvalue weighted by molar-refractivity contribution is 5.14. The molecule has 0 spiro atoms. The summed E-state index contributed by atoms with van der Waals surface area (Å²) in [6.07, 6.45) is 6.25. The molecule has 0 aromatic carbocycles. The minimum absolute atomic E-state index is 0.683. The lowest BCUT2D eigenvalue weighted by molar-refractivity contribution is 0.664. The SMILES string of the molecule is CCC[C@H](C)c1ccncc1. The Morgan fingerprint density at radius 2 is 2.00 bits per heavy atom.